The molecule has 1 fully saturated rings. The van der Waals surface area contributed by atoms with Crippen LogP contribution in [-0.2, 0) is 0 Å². The van der Waals surface area contributed by atoms with Crippen LogP contribution in [0, 0.1) is 13.8 Å². The minimum absolute atomic E-state index is 0.605. The highest BCUT2D eigenvalue weighted by Crippen LogP contribution is 2.41. The van der Waals surface area contributed by atoms with Gasteiger partial charge in [0.2, 0.25) is 0 Å². The summed E-state index contributed by atoms with van der Waals surface area (Å²) in [4.78, 5) is 0. The number of aryl methyl sites for hydroxylation is 2. The van der Waals surface area contributed by atoms with E-state index in [0.717, 1.165) is 0 Å². The third-order valence-electron chi connectivity index (χ3n) is 4.08. The smallest absolute Gasteiger partial charge is 0.0347 e. The first-order valence-electron chi connectivity index (χ1n) is 7.21. The summed E-state index contributed by atoms with van der Waals surface area (Å²) in [5.74, 6) is 0.689. The minimum Gasteiger partial charge on any atom is -0.382 e. The van der Waals surface area contributed by atoms with Crippen molar-refractivity contribution in [2.75, 3.05) is 5.32 Å². The second-order valence-corrected chi connectivity index (χ2v) is 6.76. The Morgan fingerprint density at radius 2 is 1.65 bits per heavy atom. The third-order valence-corrected chi connectivity index (χ3v) is 4.80. The summed E-state index contributed by atoms with van der Waals surface area (Å²) in [6.45, 7) is 4.31. The summed E-state index contributed by atoms with van der Waals surface area (Å²) in [5, 5.41) is 3.66. The van der Waals surface area contributed by atoms with Gasteiger partial charge in [0, 0.05) is 16.2 Å². The van der Waals surface area contributed by atoms with Crippen molar-refractivity contribution in [1.82, 2.24) is 0 Å². The van der Waals surface area contributed by atoms with E-state index in [4.69, 9.17) is 0 Å². The Balaban J connectivity index is 1.62. The van der Waals surface area contributed by atoms with Crippen LogP contribution in [0.15, 0.2) is 46.9 Å². The number of nitrogens with one attached hydrogen (secondary N) is 1. The van der Waals surface area contributed by atoms with Crippen molar-refractivity contribution >= 4 is 21.6 Å². The zero-order chi connectivity index (χ0) is 14.1. The summed E-state index contributed by atoms with van der Waals surface area (Å²) >= 11 is 3.66. The Morgan fingerprint density at radius 1 is 1.00 bits per heavy atom. The van der Waals surface area contributed by atoms with Crippen molar-refractivity contribution in [2.45, 2.75) is 38.6 Å². The normalized spacial score (nSPS) is 21.4. The van der Waals surface area contributed by atoms with Gasteiger partial charge in [-0.25, -0.2) is 0 Å². The van der Waals surface area contributed by atoms with Crippen molar-refractivity contribution in [3.8, 4) is 0 Å². The predicted molar refractivity (Wildman–Crippen MR) is 89.4 cm³/mol. The molecule has 3 rings (SSSR count). The fraction of sp³-hybridized carbons (Fsp3) is 0.333. The van der Waals surface area contributed by atoms with E-state index < -0.39 is 0 Å². The van der Waals surface area contributed by atoms with Gasteiger partial charge in [0.1, 0.15) is 0 Å². The van der Waals surface area contributed by atoms with Crippen molar-refractivity contribution in [2.24, 2.45) is 0 Å². The minimum atomic E-state index is 0.605. The van der Waals surface area contributed by atoms with Gasteiger partial charge in [0.15, 0.2) is 0 Å². The van der Waals surface area contributed by atoms with Crippen LogP contribution in [0.4, 0.5) is 5.69 Å². The van der Waals surface area contributed by atoms with Gasteiger partial charge in [-0.05, 0) is 67.5 Å². The average molecular weight is 330 g/mol. The molecule has 0 saturated heterocycles. The molecule has 0 amide bonds. The molecule has 2 aromatic carbocycles. The Morgan fingerprint density at radius 3 is 2.30 bits per heavy atom. The fourth-order valence-electron chi connectivity index (χ4n) is 3.09. The van der Waals surface area contributed by atoms with Crippen LogP contribution in [0.5, 0.6) is 0 Å². The summed E-state index contributed by atoms with van der Waals surface area (Å²) in [6.07, 6.45) is 2.44. The fourth-order valence-corrected chi connectivity index (χ4v) is 3.70. The Kier molecular flexibility index (Phi) is 3.84. The van der Waals surface area contributed by atoms with Crippen LogP contribution in [0.1, 0.15) is 35.4 Å². The molecule has 0 radical (unpaired) electrons. The molecule has 1 saturated carbocycles. The van der Waals surface area contributed by atoms with Gasteiger partial charge in [0.25, 0.3) is 0 Å². The van der Waals surface area contributed by atoms with Crippen LogP contribution in [0.2, 0.25) is 0 Å². The number of anilines is 1. The van der Waals surface area contributed by atoms with Gasteiger partial charge >= 0.3 is 0 Å². The van der Waals surface area contributed by atoms with Crippen LogP contribution in [0.3, 0.4) is 0 Å². The topological polar surface area (TPSA) is 12.0 Å². The maximum absolute atomic E-state index is 3.66. The standard InChI is InChI=1S/C18H20BrN/c1-12-7-13(2)9-15(8-12)20-16-10-14(11-16)17-5-3-4-6-18(17)19/h3-9,14,16,20H,10-11H2,1-2H3. The molecule has 104 valence electrons. The lowest BCUT2D eigenvalue weighted by atomic mass is 9.76. The van der Waals surface area contributed by atoms with Gasteiger partial charge in [-0.15, -0.1) is 0 Å². The van der Waals surface area contributed by atoms with Gasteiger partial charge < -0.3 is 5.32 Å². The van der Waals surface area contributed by atoms with E-state index in [0.29, 0.717) is 12.0 Å². The molecule has 0 heterocycles. The Hall–Kier alpha value is -1.28. The molecule has 0 aromatic heterocycles. The number of benzene rings is 2. The lowest BCUT2D eigenvalue weighted by Crippen LogP contribution is -2.34. The maximum Gasteiger partial charge on any atom is 0.0347 e. The molecule has 0 atom stereocenters. The first-order valence-corrected chi connectivity index (χ1v) is 8.00. The number of rotatable bonds is 3. The largest absolute Gasteiger partial charge is 0.382 e. The highest BCUT2D eigenvalue weighted by atomic mass is 79.9. The Labute approximate surface area is 129 Å². The second kappa shape index (κ2) is 5.61. The van der Waals surface area contributed by atoms with E-state index in [1.807, 2.05) is 0 Å². The molecule has 1 N–H and O–H groups in total. The van der Waals surface area contributed by atoms with Crippen molar-refractivity contribution in [1.29, 1.82) is 0 Å². The van der Waals surface area contributed by atoms with Crippen molar-refractivity contribution < 1.29 is 0 Å². The van der Waals surface area contributed by atoms with Crippen LogP contribution >= 0.6 is 15.9 Å². The van der Waals surface area contributed by atoms with E-state index >= 15 is 0 Å². The maximum atomic E-state index is 3.66. The van der Waals surface area contributed by atoms with Gasteiger partial charge in [-0.2, -0.15) is 0 Å². The van der Waals surface area contributed by atoms with Crippen molar-refractivity contribution in [3.05, 3.63) is 63.6 Å². The quantitative estimate of drug-likeness (QED) is 0.792. The zero-order valence-corrected chi connectivity index (χ0v) is 13.6. The number of hydrogen-bond acceptors (Lipinski definition) is 1. The first-order chi connectivity index (χ1) is 9.61. The molecule has 1 aliphatic carbocycles. The van der Waals surface area contributed by atoms with E-state index in [2.05, 4.69) is 77.6 Å². The monoisotopic (exact) mass is 329 g/mol. The third kappa shape index (κ3) is 2.90. The summed E-state index contributed by atoms with van der Waals surface area (Å²) in [7, 11) is 0. The van der Waals surface area contributed by atoms with E-state index in [1.165, 1.54) is 39.7 Å². The lowest BCUT2D eigenvalue weighted by molar-refractivity contribution is 0.373. The molecule has 1 aliphatic rings. The molecule has 0 bridgehead atoms. The SMILES string of the molecule is Cc1cc(C)cc(NC2CC(c3ccccc3Br)C2)c1. The Bertz CT molecular complexity index is 594. The molecule has 0 spiro atoms. The number of halogens is 1. The molecule has 1 nitrogen and oxygen atoms in total. The van der Waals surface area contributed by atoms with Gasteiger partial charge in [0.05, 0.1) is 0 Å². The molecule has 0 aliphatic heterocycles. The van der Waals surface area contributed by atoms with Crippen LogP contribution < -0.4 is 5.32 Å². The lowest BCUT2D eigenvalue weighted by Gasteiger charge is -2.37. The van der Waals surface area contributed by atoms with Crippen LogP contribution in [0.25, 0.3) is 0 Å². The molecule has 20 heavy (non-hydrogen) atoms. The van der Waals surface area contributed by atoms with E-state index in [-0.39, 0.29) is 0 Å². The summed E-state index contributed by atoms with van der Waals surface area (Å²) in [5.41, 5.74) is 5.37. The second-order valence-electron chi connectivity index (χ2n) is 5.91. The molecule has 2 aromatic rings. The molecular weight excluding hydrogens is 310 g/mol. The molecule has 2 heteroatoms. The molecule has 0 unspecified atom stereocenters. The summed E-state index contributed by atoms with van der Waals surface area (Å²) < 4.78 is 1.25. The highest BCUT2D eigenvalue weighted by Gasteiger charge is 2.31. The zero-order valence-electron chi connectivity index (χ0n) is 12.0. The van der Waals surface area contributed by atoms with E-state index in [9.17, 15) is 0 Å². The summed E-state index contributed by atoms with van der Waals surface area (Å²) in [6, 6.07) is 15.9. The van der Waals surface area contributed by atoms with Crippen molar-refractivity contribution in [3.63, 3.8) is 0 Å². The van der Waals surface area contributed by atoms with E-state index in [1.54, 1.807) is 0 Å². The molecular formula is C18H20BrN. The van der Waals surface area contributed by atoms with Gasteiger partial charge in [-0.1, -0.05) is 40.2 Å². The number of hydrogen-bond donors (Lipinski definition) is 1. The average Bonchev–Trinajstić information content (AvgIpc) is 2.33. The predicted octanol–water partition coefficient (Wildman–Crippen LogP) is 5.42. The highest BCUT2D eigenvalue weighted by molar-refractivity contribution is 9.10. The first kappa shape index (κ1) is 13.7. The van der Waals surface area contributed by atoms with Crippen LogP contribution in [-0.4, -0.2) is 6.04 Å². The van der Waals surface area contributed by atoms with Gasteiger partial charge in [-0.3, -0.25) is 0 Å².